The Kier molecular flexibility index (Phi) is 6.71. The maximum atomic E-state index is 13.2. The number of aromatic nitrogens is 1. The molecular formula is C27H17BrClN3O4. The fourth-order valence-electron chi connectivity index (χ4n) is 3.73. The third-order valence-electron chi connectivity index (χ3n) is 5.34. The van der Waals surface area contributed by atoms with Crippen LogP contribution in [0.4, 0.5) is 0 Å². The van der Waals surface area contributed by atoms with Gasteiger partial charge in [0, 0.05) is 37.1 Å². The van der Waals surface area contributed by atoms with Gasteiger partial charge in [0.2, 0.25) is 5.76 Å². The van der Waals surface area contributed by atoms with Gasteiger partial charge >= 0.3 is 5.97 Å². The van der Waals surface area contributed by atoms with Gasteiger partial charge < -0.3 is 14.1 Å². The SMILES string of the molecule is O=C(Oc1ccc(Br)cc1C=NNC(=O)c1[nH]c2ccccc2c1-c1ccccc1Cl)c1ccco1. The van der Waals surface area contributed by atoms with Crippen LogP contribution in [-0.2, 0) is 0 Å². The number of hydrogen-bond acceptors (Lipinski definition) is 5. The van der Waals surface area contributed by atoms with Gasteiger partial charge in [-0.2, -0.15) is 5.10 Å². The summed E-state index contributed by atoms with van der Waals surface area (Å²) in [6, 6.07) is 23.1. The van der Waals surface area contributed by atoms with Crippen molar-refractivity contribution in [1.29, 1.82) is 0 Å². The Bertz CT molecular complexity index is 1610. The zero-order chi connectivity index (χ0) is 25.1. The quantitative estimate of drug-likeness (QED) is 0.103. The molecule has 2 aromatic heterocycles. The van der Waals surface area contributed by atoms with Crippen LogP contribution in [0.5, 0.6) is 5.75 Å². The number of amides is 1. The lowest BCUT2D eigenvalue weighted by molar-refractivity contribution is 0.0700. The normalized spacial score (nSPS) is 11.2. The van der Waals surface area contributed by atoms with Gasteiger partial charge in [0.1, 0.15) is 11.4 Å². The Balaban J connectivity index is 1.43. The number of para-hydroxylation sites is 1. The molecule has 2 N–H and O–H groups in total. The number of H-pyrrole nitrogens is 1. The Morgan fingerprint density at radius 1 is 1.03 bits per heavy atom. The lowest BCUT2D eigenvalue weighted by Gasteiger charge is -2.08. The van der Waals surface area contributed by atoms with Crippen LogP contribution in [0.2, 0.25) is 5.02 Å². The molecule has 3 aromatic carbocycles. The van der Waals surface area contributed by atoms with E-state index in [1.54, 1.807) is 30.3 Å². The molecule has 5 aromatic rings. The molecule has 0 atom stereocenters. The highest BCUT2D eigenvalue weighted by molar-refractivity contribution is 9.10. The van der Waals surface area contributed by atoms with Crippen LogP contribution in [0, 0.1) is 0 Å². The van der Waals surface area contributed by atoms with Crippen molar-refractivity contribution in [3.05, 3.63) is 112 Å². The van der Waals surface area contributed by atoms with Gasteiger partial charge in [-0.05, 0) is 42.5 Å². The van der Waals surface area contributed by atoms with E-state index < -0.39 is 11.9 Å². The number of aromatic amines is 1. The zero-order valence-corrected chi connectivity index (χ0v) is 20.8. The molecule has 0 bridgehead atoms. The average molecular weight is 563 g/mol. The van der Waals surface area contributed by atoms with E-state index in [1.807, 2.05) is 42.5 Å². The minimum Gasteiger partial charge on any atom is -0.457 e. The summed E-state index contributed by atoms with van der Waals surface area (Å²) < 4.78 is 11.3. The lowest BCUT2D eigenvalue weighted by atomic mass is 10.0. The maximum absolute atomic E-state index is 13.2. The summed E-state index contributed by atoms with van der Waals surface area (Å²) in [6.45, 7) is 0. The number of halogens is 2. The van der Waals surface area contributed by atoms with Crippen molar-refractivity contribution in [1.82, 2.24) is 10.4 Å². The maximum Gasteiger partial charge on any atom is 0.379 e. The molecule has 0 saturated heterocycles. The van der Waals surface area contributed by atoms with Crippen LogP contribution in [0.3, 0.4) is 0 Å². The average Bonchev–Trinajstić information content (AvgIpc) is 3.54. The van der Waals surface area contributed by atoms with Crippen molar-refractivity contribution in [3.8, 4) is 16.9 Å². The van der Waals surface area contributed by atoms with Crippen molar-refractivity contribution in [2.75, 3.05) is 0 Å². The Morgan fingerprint density at radius 3 is 2.64 bits per heavy atom. The van der Waals surface area contributed by atoms with Crippen molar-refractivity contribution in [2.45, 2.75) is 0 Å². The third kappa shape index (κ3) is 4.82. The summed E-state index contributed by atoms with van der Waals surface area (Å²) in [5.41, 5.74) is 5.53. The summed E-state index contributed by atoms with van der Waals surface area (Å²) in [5.74, 6) is -0.787. The molecule has 0 fully saturated rings. The first-order valence-electron chi connectivity index (χ1n) is 10.8. The van der Waals surface area contributed by atoms with Crippen molar-refractivity contribution in [3.63, 3.8) is 0 Å². The van der Waals surface area contributed by atoms with Gasteiger partial charge in [-0.3, -0.25) is 4.79 Å². The number of hydrazone groups is 1. The molecule has 7 nitrogen and oxygen atoms in total. The molecule has 2 heterocycles. The van der Waals surface area contributed by atoms with Crippen LogP contribution >= 0.6 is 27.5 Å². The molecule has 9 heteroatoms. The largest absolute Gasteiger partial charge is 0.457 e. The standard InChI is InChI=1S/C27H17BrClN3O4/c28-17-11-12-22(36-27(34)23-10-5-13-35-23)16(14-17)15-30-32-26(33)25-24(18-6-1-3-8-20(18)29)19-7-2-4-9-21(19)31-25/h1-15,31H,(H,32,33). The van der Waals surface area contributed by atoms with Gasteiger partial charge in [-0.15, -0.1) is 0 Å². The van der Waals surface area contributed by atoms with Crippen LogP contribution < -0.4 is 10.2 Å². The zero-order valence-electron chi connectivity index (χ0n) is 18.5. The molecule has 0 saturated carbocycles. The first kappa shape index (κ1) is 23.6. The second-order valence-corrected chi connectivity index (χ2v) is 8.97. The highest BCUT2D eigenvalue weighted by Crippen LogP contribution is 2.36. The molecule has 1 amide bonds. The highest BCUT2D eigenvalue weighted by Gasteiger charge is 2.20. The van der Waals surface area contributed by atoms with E-state index in [0.717, 1.165) is 20.9 Å². The summed E-state index contributed by atoms with van der Waals surface area (Å²) >= 11 is 9.86. The van der Waals surface area contributed by atoms with Crippen LogP contribution in [-0.4, -0.2) is 23.1 Å². The number of benzene rings is 3. The van der Waals surface area contributed by atoms with E-state index in [1.165, 1.54) is 18.5 Å². The van der Waals surface area contributed by atoms with Gasteiger partial charge in [0.05, 0.1) is 12.5 Å². The van der Waals surface area contributed by atoms with E-state index in [4.69, 9.17) is 20.8 Å². The molecule has 178 valence electrons. The molecule has 5 rings (SSSR count). The third-order valence-corrected chi connectivity index (χ3v) is 6.17. The van der Waals surface area contributed by atoms with Crippen LogP contribution in [0.15, 0.2) is 99.1 Å². The predicted octanol–water partition coefficient (Wildman–Crippen LogP) is 6.83. The Hall–Kier alpha value is -4.14. The number of rotatable bonds is 6. The topological polar surface area (TPSA) is 96.7 Å². The molecule has 0 aliphatic rings. The summed E-state index contributed by atoms with van der Waals surface area (Å²) in [7, 11) is 0. The molecule has 0 aliphatic carbocycles. The highest BCUT2D eigenvalue weighted by atomic mass is 79.9. The first-order chi connectivity index (χ1) is 17.5. The number of furan rings is 1. The number of esters is 1. The fraction of sp³-hybridized carbons (Fsp3) is 0. The number of carbonyl (C=O) groups is 2. The number of nitrogens with one attached hydrogen (secondary N) is 2. The second-order valence-electron chi connectivity index (χ2n) is 7.65. The van der Waals surface area contributed by atoms with Gasteiger partial charge in [-0.25, -0.2) is 10.2 Å². The molecule has 0 unspecified atom stereocenters. The lowest BCUT2D eigenvalue weighted by Crippen LogP contribution is -2.19. The monoisotopic (exact) mass is 561 g/mol. The Morgan fingerprint density at radius 2 is 1.83 bits per heavy atom. The van der Waals surface area contributed by atoms with E-state index in [-0.39, 0.29) is 11.5 Å². The Labute approximate surface area is 218 Å². The molecule has 36 heavy (non-hydrogen) atoms. The van der Waals surface area contributed by atoms with E-state index in [0.29, 0.717) is 21.8 Å². The number of carbonyl (C=O) groups excluding carboxylic acids is 2. The number of hydrogen-bond donors (Lipinski definition) is 2. The molecular weight excluding hydrogens is 546 g/mol. The molecule has 0 radical (unpaired) electrons. The predicted molar refractivity (Wildman–Crippen MR) is 142 cm³/mol. The number of fused-ring (bicyclic) bond motifs is 1. The minimum absolute atomic E-state index is 0.0695. The van der Waals surface area contributed by atoms with Crippen molar-refractivity contribution < 1.29 is 18.7 Å². The van der Waals surface area contributed by atoms with Crippen molar-refractivity contribution in [2.24, 2.45) is 5.10 Å². The summed E-state index contributed by atoms with van der Waals surface area (Å²) in [5, 5.41) is 5.49. The minimum atomic E-state index is -0.650. The van der Waals surface area contributed by atoms with Crippen LogP contribution in [0.1, 0.15) is 26.6 Å². The van der Waals surface area contributed by atoms with Gasteiger partial charge in [0.15, 0.2) is 0 Å². The van der Waals surface area contributed by atoms with E-state index >= 15 is 0 Å². The molecule has 0 aliphatic heterocycles. The molecule has 0 spiro atoms. The van der Waals surface area contributed by atoms with Gasteiger partial charge in [0.25, 0.3) is 5.91 Å². The summed E-state index contributed by atoms with van der Waals surface area (Å²) in [6.07, 6.45) is 2.78. The fourth-order valence-corrected chi connectivity index (χ4v) is 4.34. The second kappa shape index (κ2) is 10.2. The smallest absolute Gasteiger partial charge is 0.379 e. The van der Waals surface area contributed by atoms with E-state index in [2.05, 4.69) is 31.4 Å². The number of nitrogens with zero attached hydrogens (tertiary/aromatic N) is 1. The van der Waals surface area contributed by atoms with Crippen LogP contribution in [0.25, 0.3) is 22.0 Å². The number of ether oxygens (including phenoxy) is 1. The van der Waals surface area contributed by atoms with Crippen molar-refractivity contribution >= 4 is 56.5 Å². The first-order valence-corrected chi connectivity index (χ1v) is 11.9. The van der Waals surface area contributed by atoms with Gasteiger partial charge in [-0.1, -0.05) is 63.9 Å². The van der Waals surface area contributed by atoms with E-state index in [9.17, 15) is 9.59 Å². The summed E-state index contributed by atoms with van der Waals surface area (Å²) in [4.78, 5) is 28.7.